The van der Waals surface area contributed by atoms with E-state index in [-0.39, 0.29) is 24.8 Å². The van der Waals surface area contributed by atoms with E-state index in [1.165, 1.54) is 11.8 Å². The van der Waals surface area contributed by atoms with Gasteiger partial charge in [-0.1, -0.05) is 36.1 Å². The van der Waals surface area contributed by atoms with Crippen molar-refractivity contribution in [3.8, 4) is 11.8 Å². The number of amides is 3. The maximum atomic E-state index is 11.7. The van der Waals surface area contributed by atoms with Gasteiger partial charge in [-0.05, 0) is 25.0 Å². The molecule has 1 aromatic carbocycles. The fraction of sp³-hybridized carbons (Fsp3) is 0.353. The van der Waals surface area contributed by atoms with Gasteiger partial charge in [-0.25, -0.2) is 0 Å². The molecule has 2 rings (SSSR count). The molecular formula is C17H18N4O4S2. The van der Waals surface area contributed by atoms with Gasteiger partial charge >= 0.3 is 0 Å². The highest BCUT2D eigenvalue weighted by atomic mass is 32.2. The third-order valence-electron chi connectivity index (χ3n) is 3.58. The van der Waals surface area contributed by atoms with Crippen LogP contribution in [0.2, 0.25) is 0 Å². The average molecular weight is 406 g/mol. The third-order valence-corrected chi connectivity index (χ3v) is 5.02. The van der Waals surface area contributed by atoms with Crippen molar-refractivity contribution in [3.63, 3.8) is 0 Å². The average Bonchev–Trinajstić information content (AvgIpc) is 3.00. The molecule has 0 aliphatic carbocycles. The molecule has 3 amide bonds. The number of ether oxygens (including phenoxy) is 1. The monoisotopic (exact) mass is 406 g/mol. The van der Waals surface area contributed by atoms with Gasteiger partial charge in [-0.15, -0.1) is 0 Å². The van der Waals surface area contributed by atoms with E-state index in [1.54, 1.807) is 29.2 Å². The zero-order valence-corrected chi connectivity index (χ0v) is 16.0. The van der Waals surface area contributed by atoms with Crippen LogP contribution in [0.3, 0.4) is 0 Å². The van der Waals surface area contributed by atoms with Crippen LogP contribution in [0.4, 0.5) is 0 Å². The molecule has 1 saturated heterocycles. The molecule has 1 heterocycles. The molecule has 0 spiro atoms. The van der Waals surface area contributed by atoms with Gasteiger partial charge < -0.3 is 4.74 Å². The van der Waals surface area contributed by atoms with Crippen LogP contribution in [-0.4, -0.2) is 45.8 Å². The Morgan fingerprint density at radius 1 is 1.26 bits per heavy atom. The number of thioether (sulfide) groups is 1. The molecule has 1 aliphatic heterocycles. The Labute approximate surface area is 166 Å². The Hall–Kier alpha value is -2.64. The smallest absolute Gasteiger partial charge is 0.276 e. The van der Waals surface area contributed by atoms with Gasteiger partial charge in [0, 0.05) is 13.0 Å². The summed E-state index contributed by atoms with van der Waals surface area (Å²) in [5.74, 6) is -0.202. The molecule has 0 aromatic heterocycles. The number of hydrogen-bond donors (Lipinski definition) is 2. The van der Waals surface area contributed by atoms with Crippen molar-refractivity contribution < 1.29 is 19.1 Å². The summed E-state index contributed by atoms with van der Waals surface area (Å²) in [6.07, 6.45) is 1.41. The first-order valence-electron chi connectivity index (χ1n) is 8.18. The molecule has 1 aliphatic rings. The number of unbranched alkanes of at least 4 members (excludes halogenated alkanes) is 1. The molecule has 0 radical (unpaired) electrons. The second kappa shape index (κ2) is 10.5. The van der Waals surface area contributed by atoms with Crippen LogP contribution in [0.15, 0.2) is 24.3 Å². The van der Waals surface area contributed by atoms with E-state index in [0.717, 1.165) is 0 Å². The number of benzene rings is 1. The van der Waals surface area contributed by atoms with Crippen molar-refractivity contribution in [2.45, 2.75) is 19.3 Å². The number of rotatable bonds is 8. The first kappa shape index (κ1) is 20.7. The van der Waals surface area contributed by atoms with Gasteiger partial charge in [0.05, 0.1) is 11.3 Å². The highest BCUT2D eigenvalue weighted by molar-refractivity contribution is 8.23. The summed E-state index contributed by atoms with van der Waals surface area (Å²) in [6, 6.07) is 8.51. The lowest BCUT2D eigenvalue weighted by atomic mass is 10.2. The number of thiocarbonyl (C=S) groups is 1. The predicted molar refractivity (Wildman–Crippen MR) is 104 cm³/mol. The minimum absolute atomic E-state index is 0.000290. The number of nitrogens with zero attached hydrogens (tertiary/aromatic N) is 2. The number of hydrazine groups is 1. The summed E-state index contributed by atoms with van der Waals surface area (Å²) < 4.78 is 5.84. The Kier molecular flexibility index (Phi) is 8.03. The van der Waals surface area contributed by atoms with E-state index in [0.29, 0.717) is 40.8 Å². The number of nitriles is 1. The standard InChI is InChI=1S/C17H18N4O4S2/c18-9-12-5-1-2-6-13(12)25-10-15(23)20-19-14(22)7-3-4-8-21-16(24)11-27-17(21)26/h1-2,5-6H,3-4,7-8,10-11H2,(H,19,22)(H,20,23). The summed E-state index contributed by atoms with van der Waals surface area (Å²) in [7, 11) is 0. The van der Waals surface area contributed by atoms with Crippen molar-refractivity contribution in [2.24, 2.45) is 0 Å². The molecule has 2 N–H and O–H groups in total. The van der Waals surface area contributed by atoms with Crippen LogP contribution >= 0.6 is 24.0 Å². The first-order valence-corrected chi connectivity index (χ1v) is 9.57. The fourth-order valence-electron chi connectivity index (χ4n) is 2.22. The second-order valence-corrected chi connectivity index (χ2v) is 7.16. The highest BCUT2D eigenvalue weighted by Crippen LogP contribution is 2.19. The van der Waals surface area contributed by atoms with Crippen LogP contribution in [0, 0.1) is 11.3 Å². The van der Waals surface area contributed by atoms with Gasteiger partial charge in [-0.3, -0.25) is 30.1 Å². The summed E-state index contributed by atoms with van der Waals surface area (Å²) in [4.78, 5) is 36.5. The molecule has 142 valence electrons. The van der Waals surface area contributed by atoms with Gasteiger partial charge in [0.25, 0.3) is 5.91 Å². The van der Waals surface area contributed by atoms with Crippen molar-refractivity contribution >= 4 is 46.0 Å². The molecule has 27 heavy (non-hydrogen) atoms. The quantitative estimate of drug-likeness (QED) is 0.378. The largest absolute Gasteiger partial charge is 0.482 e. The van der Waals surface area contributed by atoms with Gasteiger partial charge in [0.2, 0.25) is 11.8 Å². The Morgan fingerprint density at radius 2 is 2.00 bits per heavy atom. The molecule has 0 saturated carbocycles. The highest BCUT2D eigenvalue weighted by Gasteiger charge is 2.25. The molecule has 1 aromatic rings. The normalized spacial score (nSPS) is 13.2. The number of carbonyl (C=O) groups is 3. The van der Waals surface area contributed by atoms with Crippen LogP contribution in [0.25, 0.3) is 0 Å². The van der Waals surface area contributed by atoms with Crippen molar-refractivity contribution in [2.75, 3.05) is 18.9 Å². The number of para-hydroxylation sites is 1. The molecule has 8 nitrogen and oxygen atoms in total. The lowest BCUT2D eigenvalue weighted by Crippen LogP contribution is -2.43. The summed E-state index contributed by atoms with van der Waals surface area (Å²) >= 11 is 6.42. The van der Waals surface area contributed by atoms with E-state index >= 15 is 0 Å². The molecular weight excluding hydrogens is 388 g/mol. The Balaban J connectivity index is 1.59. The fourth-order valence-corrected chi connectivity index (χ4v) is 3.34. The summed E-state index contributed by atoms with van der Waals surface area (Å²) in [5.41, 5.74) is 4.87. The van der Waals surface area contributed by atoms with Crippen molar-refractivity contribution in [3.05, 3.63) is 29.8 Å². The van der Waals surface area contributed by atoms with Gasteiger partial charge in [0.15, 0.2) is 6.61 Å². The predicted octanol–water partition coefficient (Wildman–Crippen LogP) is 1.12. The van der Waals surface area contributed by atoms with E-state index < -0.39 is 5.91 Å². The van der Waals surface area contributed by atoms with Crippen molar-refractivity contribution in [1.29, 1.82) is 5.26 Å². The molecule has 0 bridgehead atoms. The minimum Gasteiger partial charge on any atom is -0.482 e. The first-order chi connectivity index (χ1) is 13.0. The SMILES string of the molecule is N#Cc1ccccc1OCC(=O)NNC(=O)CCCCN1C(=O)CSC1=S. The van der Waals surface area contributed by atoms with Crippen LogP contribution in [-0.2, 0) is 14.4 Å². The topological polar surface area (TPSA) is 112 Å². The van der Waals surface area contributed by atoms with Gasteiger partial charge in [-0.2, -0.15) is 5.26 Å². The third kappa shape index (κ3) is 6.54. The lowest BCUT2D eigenvalue weighted by molar-refractivity contribution is -0.130. The molecule has 0 unspecified atom stereocenters. The van der Waals surface area contributed by atoms with Crippen LogP contribution < -0.4 is 15.6 Å². The number of carbonyl (C=O) groups excluding carboxylic acids is 3. The maximum Gasteiger partial charge on any atom is 0.276 e. The van der Waals surface area contributed by atoms with E-state index in [4.69, 9.17) is 22.2 Å². The van der Waals surface area contributed by atoms with Crippen LogP contribution in [0.1, 0.15) is 24.8 Å². The molecule has 0 atom stereocenters. The molecule has 1 fully saturated rings. The Bertz CT molecular complexity index is 762. The zero-order valence-electron chi connectivity index (χ0n) is 14.4. The Morgan fingerprint density at radius 3 is 2.70 bits per heavy atom. The van der Waals surface area contributed by atoms with E-state index in [9.17, 15) is 14.4 Å². The number of hydrogen-bond acceptors (Lipinski definition) is 7. The van der Waals surface area contributed by atoms with Crippen molar-refractivity contribution in [1.82, 2.24) is 15.8 Å². The minimum atomic E-state index is -0.541. The van der Waals surface area contributed by atoms with Crippen LogP contribution in [0.5, 0.6) is 5.75 Å². The lowest BCUT2D eigenvalue weighted by Gasteiger charge is -2.14. The summed E-state index contributed by atoms with van der Waals surface area (Å²) in [5, 5.41) is 8.94. The molecule has 10 heteroatoms. The van der Waals surface area contributed by atoms with Gasteiger partial charge in [0.1, 0.15) is 16.1 Å². The maximum absolute atomic E-state index is 11.7. The number of nitrogens with one attached hydrogen (secondary N) is 2. The summed E-state index contributed by atoms with van der Waals surface area (Å²) in [6.45, 7) is 0.168. The zero-order chi connectivity index (χ0) is 19.6. The second-order valence-electron chi connectivity index (χ2n) is 5.55. The van der Waals surface area contributed by atoms with E-state index in [2.05, 4.69) is 10.9 Å². The van der Waals surface area contributed by atoms with E-state index in [1.807, 2.05) is 6.07 Å².